The Bertz CT molecular complexity index is 1010. The van der Waals surface area contributed by atoms with E-state index >= 15 is 0 Å². The molecule has 0 N–H and O–H groups in total. The van der Waals surface area contributed by atoms with Crippen LogP contribution in [0.4, 0.5) is 14.5 Å². The summed E-state index contributed by atoms with van der Waals surface area (Å²) in [5.74, 6) is -1.28. The SMILES string of the molecule is Fc1ccc(N=c2scc(-c3ccc(Br)cc3)n2CC2CCCO2)c(F)c1. The molecule has 1 unspecified atom stereocenters. The molecule has 27 heavy (non-hydrogen) atoms. The van der Waals surface area contributed by atoms with Crippen LogP contribution in [-0.4, -0.2) is 17.3 Å². The van der Waals surface area contributed by atoms with Crippen molar-refractivity contribution in [3.8, 4) is 11.3 Å². The molecule has 1 aliphatic heterocycles. The second-order valence-corrected chi connectivity index (χ2v) is 8.12. The monoisotopic (exact) mass is 450 g/mol. The van der Waals surface area contributed by atoms with Crippen molar-refractivity contribution in [1.82, 2.24) is 4.57 Å². The van der Waals surface area contributed by atoms with Gasteiger partial charge in [0.1, 0.15) is 11.5 Å². The van der Waals surface area contributed by atoms with Crippen LogP contribution in [0.15, 0.2) is 57.3 Å². The number of ether oxygens (including phenoxy) is 1. The predicted octanol–water partition coefficient (Wildman–Crippen LogP) is 5.67. The lowest BCUT2D eigenvalue weighted by molar-refractivity contribution is 0.0968. The third kappa shape index (κ3) is 4.20. The maximum absolute atomic E-state index is 14.1. The Balaban J connectivity index is 1.80. The van der Waals surface area contributed by atoms with Crippen LogP contribution in [0.3, 0.4) is 0 Å². The van der Waals surface area contributed by atoms with E-state index in [-0.39, 0.29) is 11.8 Å². The molecule has 2 heterocycles. The van der Waals surface area contributed by atoms with Crippen LogP contribution in [0, 0.1) is 11.6 Å². The van der Waals surface area contributed by atoms with E-state index in [1.165, 1.54) is 23.5 Å². The molecule has 140 valence electrons. The first kappa shape index (κ1) is 18.5. The third-order valence-corrected chi connectivity index (χ3v) is 5.87. The lowest BCUT2D eigenvalue weighted by Crippen LogP contribution is -2.24. The number of aromatic nitrogens is 1. The lowest BCUT2D eigenvalue weighted by atomic mass is 10.1. The molecule has 3 nitrogen and oxygen atoms in total. The van der Waals surface area contributed by atoms with Gasteiger partial charge in [0.15, 0.2) is 10.6 Å². The molecule has 1 aromatic heterocycles. The Labute approximate surface area is 168 Å². The van der Waals surface area contributed by atoms with Gasteiger partial charge in [0.25, 0.3) is 0 Å². The van der Waals surface area contributed by atoms with Crippen molar-refractivity contribution >= 4 is 33.0 Å². The van der Waals surface area contributed by atoms with Gasteiger partial charge in [0.05, 0.1) is 18.3 Å². The van der Waals surface area contributed by atoms with Crippen LogP contribution < -0.4 is 4.80 Å². The number of hydrogen-bond donors (Lipinski definition) is 0. The smallest absolute Gasteiger partial charge is 0.190 e. The minimum absolute atomic E-state index is 0.116. The van der Waals surface area contributed by atoms with Crippen LogP contribution in [0.1, 0.15) is 12.8 Å². The Morgan fingerprint density at radius 2 is 2.00 bits per heavy atom. The fraction of sp³-hybridized carbons (Fsp3) is 0.250. The van der Waals surface area contributed by atoms with E-state index in [0.29, 0.717) is 11.3 Å². The first-order valence-corrected chi connectivity index (χ1v) is 10.3. The van der Waals surface area contributed by atoms with Crippen LogP contribution in [0.2, 0.25) is 0 Å². The van der Waals surface area contributed by atoms with E-state index in [1.807, 2.05) is 29.6 Å². The second kappa shape index (κ2) is 8.04. The highest BCUT2D eigenvalue weighted by molar-refractivity contribution is 9.10. The predicted molar refractivity (Wildman–Crippen MR) is 106 cm³/mol. The van der Waals surface area contributed by atoms with Gasteiger partial charge in [-0.05, 0) is 42.7 Å². The summed E-state index contributed by atoms with van der Waals surface area (Å²) in [6, 6.07) is 11.5. The van der Waals surface area contributed by atoms with E-state index in [9.17, 15) is 8.78 Å². The van der Waals surface area contributed by atoms with Gasteiger partial charge in [0, 0.05) is 22.5 Å². The van der Waals surface area contributed by atoms with Gasteiger partial charge in [0.2, 0.25) is 0 Å². The highest BCUT2D eigenvalue weighted by atomic mass is 79.9. The number of benzene rings is 2. The summed E-state index contributed by atoms with van der Waals surface area (Å²) in [5, 5.41) is 2.01. The average molecular weight is 451 g/mol. The molecule has 7 heteroatoms. The maximum Gasteiger partial charge on any atom is 0.190 e. The molecule has 1 fully saturated rings. The molecule has 2 aromatic carbocycles. The lowest BCUT2D eigenvalue weighted by Gasteiger charge is -2.14. The summed E-state index contributed by atoms with van der Waals surface area (Å²) in [7, 11) is 0. The Kier molecular flexibility index (Phi) is 5.52. The molecule has 1 atom stereocenters. The quantitative estimate of drug-likeness (QED) is 0.502. The van der Waals surface area contributed by atoms with Crippen molar-refractivity contribution in [3.63, 3.8) is 0 Å². The zero-order valence-corrected chi connectivity index (χ0v) is 16.8. The summed E-state index contributed by atoms with van der Waals surface area (Å²) in [4.78, 5) is 5.12. The standard InChI is InChI=1S/C20H17BrF2N2OS/c21-14-5-3-13(4-6-14)19-12-27-20(25(19)11-16-2-1-9-26-16)24-18-8-7-15(22)10-17(18)23/h3-8,10,12,16H,1-2,9,11H2. The van der Waals surface area contributed by atoms with Gasteiger partial charge in [-0.3, -0.25) is 0 Å². The van der Waals surface area contributed by atoms with Crippen molar-refractivity contribution in [1.29, 1.82) is 0 Å². The van der Waals surface area contributed by atoms with Crippen LogP contribution in [-0.2, 0) is 11.3 Å². The molecule has 0 spiro atoms. The van der Waals surface area contributed by atoms with Gasteiger partial charge < -0.3 is 9.30 Å². The summed E-state index contributed by atoms with van der Waals surface area (Å²) in [5.41, 5.74) is 2.18. The van der Waals surface area contributed by atoms with Crippen molar-refractivity contribution in [2.45, 2.75) is 25.5 Å². The molecule has 0 saturated carbocycles. The number of rotatable bonds is 4. The fourth-order valence-corrected chi connectivity index (χ4v) is 4.31. The number of nitrogens with zero attached hydrogens (tertiary/aromatic N) is 2. The zero-order valence-electron chi connectivity index (χ0n) is 14.4. The molecule has 0 radical (unpaired) electrons. The van der Waals surface area contributed by atoms with Gasteiger partial charge in [-0.15, -0.1) is 11.3 Å². The third-order valence-electron chi connectivity index (χ3n) is 4.47. The molecular formula is C20H17BrF2N2OS. The van der Waals surface area contributed by atoms with Crippen molar-refractivity contribution in [2.24, 2.45) is 4.99 Å². The van der Waals surface area contributed by atoms with Gasteiger partial charge in [-0.1, -0.05) is 28.1 Å². The van der Waals surface area contributed by atoms with E-state index in [4.69, 9.17) is 4.74 Å². The van der Waals surface area contributed by atoms with Crippen molar-refractivity contribution < 1.29 is 13.5 Å². The molecule has 0 aliphatic carbocycles. The summed E-state index contributed by atoms with van der Waals surface area (Å²) >= 11 is 4.89. The van der Waals surface area contributed by atoms with E-state index in [1.54, 1.807) is 0 Å². The van der Waals surface area contributed by atoms with E-state index in [0.717, 1.165) is 41.2 Å². The first-order chi connectivity index (χ1) is 13.1. The molecule has 0 amide bonds. The number of hydrogen-bond acceptors (Lipinski definition) is 3. The molecule has 3 aromatic rings. The topological polar surface area (TPSA) is 26.5 Å². The normalized spacial score (nSPS) is 17.6. The number of halogens is 3. The molecule has 0 bridgehead atoms. The highest BCUT2D eigenvalue weighted by Gasteiger charge is 2.19. The number of thiazole rings is 1. The van der Waals surface area contributed by atoms with Crippen molar-refractivity contribution in [3.05, 3.63) is 68.8 Å². The van der Waals surface area contributed by atoms with Crippen LogP contribution >= 0.6 is 27.3 Å². The minimum atomic E-state index is -0.669. The van der Waals surface area contributed by atoms with Crippen LogP contribution in [0.25, 0.3) is 11.3 Å². The van der Waals surface area contributed by atoms with Crippen molar-refractivity contribution in [2.75, 3.05) is 6.61 Å². The highest BCUT2D eigenvalue weighted by Crippen LogP contribution is 2.25. The maximum atomic E-state index is 14.1. The molecule has 1 aliphatic rings. The summed E-state index contributed by atoms with van der Waals surface area (Å²) in [6.45, 7) is 1.42. The Morgan fingerprint density at radius 3 is 2.70 bits per heavy atom. The van der Waals surface area contributed by atoms with Gasteiger partial charge in [-0.2, -0.15) is 0 Å². The van der Waals surface area contributed by atoms with E-state index < -0.39 is 11.6 Å². The summed E-state index contributed by atoms with van der Waals surface area (Å²) in [6.07, 6.45) is 2.15. The van der Waals surface area contributed by atoms with Gasteiger partial charge in [-0.25, -0.2) is 13.8 Å². The Morgan fingerprint density at radius 1 is 1.19 bits per heavy atom. The second-order valence-electron chi connectivity index (χ2n) is 6.36. The Hall–Kier alpha value is -1.83. The summed E-state index contributed by atoms with van der Waals surface area (Å²) < 4.78 is 36.1. The molecule has 4 rings (SSSR count). The molecular weight excluding hydrogens is 434 g/mol. The average Bonchev–Trinajstić information content (AvgIpc) is 3.29. The van der Waals surface area contributed by atoms with E-state index in [2.05, 4.69) is 25.5 Å². The first-order valence-electron chi connectivity index (χ1n) is 8.66. The fourth-order valence-electron chi connectivity index (χ4n) is 3.11. The van der Waals surface area contributed by atoms with Gasteiger partial charge >= 0.3 is 0 Å². The van der Waals surface area contributed by atoms with Crippen LogP contribution in [0.5, 0.6) is 0 Å². The minimum Gasteiger partial charge on any atom is -0.376 e. The largest absolute Gasteiger partial charge is 0.376 e. The molecule has 1 saturated heterocycles. The zero-order chi connectivity index (χ0) is 18.8.